The molecule has 0 radical (unpaired) electrons. The number of imidazole rings is 2. The molecule has 8 nitrogen and oxygen atoms in total. The Morgan fingerprint density at radius 3 is 2.77 bits per heavy atom. The first-order valence-electron chi connectivity index (χ1n) is 10.9. The average Bonchev–Trinajstić information content (AvgIpc) is 3.48. The molecular formula is C25H20ClFN6O2. The standard InChI is InChI=1S/C25H20ClFN6O2/c1-2-35-25(34)20-13-29-22-11-10-19(32-33(20)22)24-23(15-6-8-17(27)9-7-15)30-21(31-24)14-28-18-5-3-4-16(26)12-18/h3-13,28H,2,14H2,1H3,(H,30,31). The second-order valence-corrected chi connectivity index (χ2v) is 8.07. The normalized spacial score (nSPS) is 11.1. The number of rotatable bonds is 7. The number of carbonyl (C=O) groups is 1. The molecule has 3 heterocycles. The van der Waals surface area contributed by atoms with Gasteiger partial charge >= 0.3 is 5.97 Å². The van der Waals surface area contributed by atoms with Crippen LogP contribution in [0.25, 0.3) is 28.3 Å². The molecule has 0 bridgehead atoms. The van der Waals surface area contributed by atoms with Gasteiger partial charge in [0.1, 0.15) is 17.3 Å². The van der Waals surface area contributed by atoms with E-state index >= 15 is 0 Å². The molecule has 0 aliphatic carbocycles. The number of aromatic nitrogens is 5. The minimum absolute atomic E-state index is 0.217. The first-order valence-corrected chi connectivity index (χ1v) is 11.3. The van der Waals surface area contributed by atoms with Gasteiger partial charge in [-0.25, -0.2) is 23.7 Å². The van der Waals surface area contributed by atoms with E-state index in [1.165, 1.54) is 22.8 Å². The zero-order valence-corrected chi connectivity index (χ0v) is 19.4. The van der Waals surface area contributed by atoms with E-state index in [0.717, 1.165) is 5.69 Å². The van der Waals surface area contributed by atoms with E-state index in [-0.39, 0.29) is 18.1 Å². The predicted molar refractivity (Wildman–Crippen MR) is 131 cm³/mol. The van der Waals surface area contributed by atoms with Crippen LogP contribution in [0.4, 0.5) is 10.1 Å². The van der Waals surface area contributed by atoms with E-state index in [9.17, 15) is 9.18 Å². The summed E-state index contributed by atoms with van der Waals surface area (Å²) in [5.41, 5.74) is 4.02. The van der Waals surface area contributed by atoms with Gasteiger partial charge in [-0.15, -0.1) is 0 Å². The number of benzene rings is 2. The minimum atomic E-state index is -0.514. The third-order valence-corrected chi connectivity index (χ3v) is 5.49. The fraction of sp³-hybridized carbons (Fsp3) is 0.120. The zero-order chi connectivity index (χ0) is 24.4. The number of fused-ring (bicyclic) bond motifs is 1. The summed E-state index contributed by atoms with van der Waals surface area (Å²) in [6.07, 6.45) is 1.43. The van der Waals surface area contributed by atoms with Crippen molar-refractivity contribution in [3.8, 4) is 22.6 Å². The molecule has 3 aromatic heterocycles. The minimum Gasteiger partial charge on any atom is -0.461 e. The number of nitrogens with one attached hydrogen (secondary N) is 2. The quantitative estimate of drug-likeness (QED) is 0.298. The molecule has 0 amide bonds. The van der Waals surface area contributed by atoms with E-state index in [1.54, 1.807) is 37.3 Å². The third-order valence-electron chi connectivity index (χ3n) is 5.26. The number of esters is 1. The van der Waals surface area contributed by atoms with Crippen LogP contribution in [0.15, 0.2) is 66.9 Å². The predicted octanol–water partition coefficient (Wildman–Crippen LogP) is 5.37. The highest BCUT2D eigenvalue weighted by molar-refractivity contribution is 6.30. The highest BCUT2D eigenvalue weighted by Crippen LogP contribution is 2.30. The van der Waals surface area contributed by atoms with Gasteiger partial charge < -0.3 is 15.0 Å². The molecule has 0 saturated carbocycles. The Balaban J connectivity index is 1.56. The highest BCUT2D eigenvalue weighted by Gasteiger charge is 2.19. The Labute approximate surface area is 204 Å². The first kappa shape index (κ1) is 22.5. The molecule has 5 aromatic rings. The molecule has 0 aliphatic heterocycles. The molecule has 0 aliphatic rings. The van der Waals surface area contributed by atoms with E-state index < -0.39 is 5.97 Å². The van der Waals surface area contributed by atoms with Crippen molar-refractivity contribution >= 4 is 28.9 Å². The Kier molecular flexibility index (Phi) is 6.15. The van der Waals surface area contributed by atoms with Crippen LogP contribution < -0.4 is 5.32 Å². The Hall–Kier alpha value is -4.24. The second kappa shape index (κ2) is 9.55. The van der Waals surface area contributed by atoms with Crippen molar-refractivity contribution in [2.45, 2.75) is 13.5 Å². The Morgan fingerprint density at radius 1 is 1.17 bits per heavy atom. The fourth-order valence-corrected chi connectivity index (χ4v) is 3.83. The van der Waals surface area contributed by atoms with Crippen LogP contribution in [-0.4, -0.2) is 37.1 Å². The summed E-state index contributed by atoms with van der Waals surface area (Å²) in [6, 6.07) is 17.0. The van der Waals surface area contributed by atoms with Gasteiger partial charge in [-0.3, -0.25) is 0 Å². The van der Waals surface area contributed by atoms with Gasteiger partial charge in [-0.1, -0.05) is 17.7 Å². The largest absolute Gasteiger partial charge is 0.461 e. The number of halogens is 2. The number of hydrogen-bond acceptors (Lipinski definition) is 6. The molecule has 2 N–H and O–H groups in total. The van der Waals surface area contributed by atoms with E-state index in [2.05, 4.69) is 20.4 Å². The van der Waals surface area contributed by atoms with E-state index in [1.807, 2.05) is 18.2 Å². The molecule has 0 saturated heterocycles. The van der Waals surface area contributed by atoms with Crippen molar-refractivity contribution in [2.24, 2.45) is 0 Å². The second-order valence-electron chi connectivity index (χ2n) is 7.63. The molecule has 5 rings (SSSR count). The van der Waals surface area contributed by atoms with Crippen LogP contribution in [0.1, 0.15) is 23.2 Å². The maximum absolute atomic E-state index is 13.6. The van der Waals surface area contributed by atoms with Gasteiger partial charge in [-0.2, -0.15) is 5.10 Å². The third kappa shape index (κ3) is 4.71. The number of aromatic amines is 1. The zero-order valence-electron chi connectivity index (χ0n) is 18.6. The summed E-state index contributed by atoms with van der Waals surface area (Å²) < 4.78 is 20.1. The maximum Gasteiger partial charge on any atom is 0.358 e. The molecule has 10 heteroatoms. The molecule has 0 fully saturated rings. The van der Waals surface area contributed by atoms with Gasteiger partial charge in [0.05, 0.1) is 30.7 Å². The topological polar surface area (TPSA) is 97.2 Å². The Bertz CT molecular complexity index is 1510. The molecule has 0 atom stereocenters. The monoisotopic (exact) mass is 490 g/mol. The summed E-state index contributed by atoms with van der Waals surface area (Å²) in [5, 5.41) is 8.53. The van der Waals surface area contributed by atoms with Crippen molar-refractivity contribution < 1.29 is 13.9 Å². The lowest BCUT2D eigenvalue weighted by molar-refractivity contribution is 0.0516. The highest BCUT2D eigenvalue weighted by atomic mass is 35.5. The number of nitrogens with zero attached hydrogens (tertiary/aromatic N) is 4. The number of H-pyrrole nitrogens is 1. The fourth-order valence-electron chi connectivity index (χ4n) is 3.64. The van der Waals surface area contributed by atoms with Crippen LogP contribution in [0.2, 0.25) is 5.02 Å². The molecule has 176 valence electrons. The van der Waals surface area contributed by atoms with Crippen molar-refractivity contribution in [1.29, 1.82) is 0 Å². The maximum atomic E-state index is 13.6. The molecule has 2 aromatic carbocycles. The number of carbonyl (C=O) groups excluding carboxylic acids is 1. The lowest BCUT2D eigenvalue weighted by atomic mass is 10.1. The van der Waals surface area contributed by atoms with Gasteiger partial charge in [0.15, 0.2) is 11.3 Å². The molecular weight excluding hydrogens is 471 g/mol. The molecule has 0 spiro atoms. The van der Waals surface area contributed by atoms with Crippen molar-refractivity contribution in [1.82, 2.24) is 24.6 Å². The van der Waals surface area contributed by atoms with Crippen LogP contribution in [0.5, 0.6) is 0 Å². The van der Waals surface area contributed by atoms with E-state index in [4.69, 9.17) is 21.3 Å². The smallest absolute Gasteiger partial charge is 0.358 e. The first-order chi connectivity index (χ1) is 17.0. The number of hydrogen-bond donors (Lipinski definition) is 2. The summed E-state index contributed by atoms with van der Waals surface area (Å²) in [5.74, 6) is -0.220. The number of ether oxygens (including phenoxy) is 1. The van der Waals surface area contributed by atoms with Crippen LogP contribution in [-0.2, 0) is 11.3 Å². The van der Waals surface area contributed by atoms with Crippen LogP contribution in [0.3, 0.4) is 0 Å². The lowest BCUT2D eigenvalue weighted by Gasteiger charge is -2.05. The summed E-state index contributed by atoms with van der Waals surface area (Å²) in [4.78, 5) is 24.6. The van der Waals surface area contributed by atoms with Gasteiger partial charge in [-0.05, 0) is 61.5 Å². The van der Waals surface area contributed by atoms with Gasteiger partial charge in [0.25, 0.3) is 0 Å². The van der Waals surface area contributed by atoms with Crippen LogP contribution >= 0.6 is 11.6 Å². The van der Waals surface area contributed by atoms with Crippen molar-refractivity contribution in [3.05, 3.63) is 89.2 Å². The van der Waals surface area contributed by atoms with Gasteiger partial charge in [0, 0.05) is 16.3 Å². The number of anilines is 1. The molecule has 35 heavy (non-hydrogen) atoms. The Morgan fingerprint density at radius 2 is 2.00 bits per heavy atom. The summed E-state index contributed by atoms with van der Waals surface area (Å²) in [6.45, 7) is 2.36. The van der Waals surface area contributed by atoms with E-state index in [0.29, 0.717) is 45.7 Å². The molecule has 0 unspecified atom stereocenters. The average molecular weight is 491 g/mol. The van der Waals surface area contributed by atoms with Crippen LogP contribution in [0, 0.1) is 5.82 Å². The summed E-state index contributed by atoms with van der Waals surface area (Å²) in [7, 11) is 0. The van der Waals surface area contributed by atoms with Gasteiger partial charge in [0.2, 0.25) is 0 Å². The summed E-state index contributed by atoms with van der Waals surface area (Å²) >= 11 is 6.08. The SMILES string of the molecule is CCOC(=O)c1cnc2ccc(-c3[nH]c(CNc4cccc(Cl)c4)nc3-c3ccc(F)cc3)nn12. The van der Waals surface area contributed by atoms with Crippen molar-refractivity contribution in [3.63, 3.8) is 0 Å². The lowest BCUT2D eigenvalue weighted by Crippen LogP contribution is -2.10. The van der Waals surface area contributed by atoms with Crippen molar-refractivity contribution in [2.75, 3.05) is 11.9 Å².